The number of aromatic nitrogens is 2. The number of hydrogen-bond donors (Lipinski definition) is 1. The molecule has 2 fully saturated rings. The number of rotatable bonds is 6. The van der Waals surface area contributed by atoms with Gasteiger partial charge in [0.25, 0.3) is 0 Å². The molecule has 0 spiro atoms. The van der Waals surface area contributed by atoms with Crippen LogP contribution in [0.4, 0.5) is 0 Å². The first kappa shape index (κ1) is 14.0. The van der Waals surface area contributed by atoms with E-state index in [9.17, 15) is 0 Å². The van der Waals surface area contributed by atoms with Gasteiger partial charge in [-0.2, -0.15) is 4.98 Å². The van der Waals surface area contributed by atoms with E-state index in [4.69, 9.17) is 4.52 Å². The molecule has 1 saturated heterocycles. The van der Waals surface area contributed by atoms with Crippen molar-refractivity contribution in [1.29, 1.82) is 0 Å². The molecular weight excluding hydrogens is 252 g/mol. The van der Waals surface area contributed by atoms with Gasteiger partial charge in [-0.1, -0.05) is 19.0 Å². The highest BCUT2D eigenvalue weighted by atomic mass is 16.5. The molecule has 1 N–H and O–H groups in total. The molecule has 3 rings (SSSR count). The predicted molar refractivity (Wildman–Crippen MR) is 77.4 cm³/mol. The molecule has 5 heteroatoms. The smallest absolute Gasteiger partial charge is 0.229 e. The Balaban J connectivity index is 1.40. The molecule has 5 nitrogen and oxygen atoms in total. The zero-order chi connectivity index (χ0) is 13.9. The Morgan fingerprint density at radius 3 is 2.60 bits per heavy atom. The Morgan fingerprint density at radius 1 is 1.25 bits per heavy atom. The molecule has 0 radical (unpaired) electrons. The number of hydrogen-bond acceptors (Lipinski definition) is 5. The van der Waals surface area contributed by atoms with Gasteiger partial charge in [0.05, 0.1) is 6.54 Å². The Labute approximate surface area is 121 Å². The van der Waals surface area contributed by atoms with Gasteiger partial charge < -0.3 is 9.84 Å². The van der Waals surface area contributed by atoms with Crippen LogP contribution in [0.5, 0.6) is 0 Å². The third-order valence-corrected chi connectivity index (χ3v) is 4.32. The number of nitrogens with zero attached hydrogens (tertiary/aromatic N) is 3. The molecule has 0 atom stereocenters. The van der Waals surface area contributed by atoms with Crippen molar-refractivity contribution in [2.24, 2.45) is 5.92 Å². The predicted octanol–water partition coefficient (Wildman–Crippen LogP) is 2.16. The Morgan fingerprint density at radius 2 is 2.00 bits per heavy atom. The van der Waals surface area contributed by atoms with Crippen LogP contribution in [0.1, 0.15) is 57.2 Å². The standard InChI is InChI=1S/C15H26N4O/c1-11(2)15-17-14(18-20-15)10-19-7-5-12(6-8-19)9-16-13-3-4-13/h11-13,16H,3-10H2,1-2H3. The van der Waals surface area contributed by atoms with Crippen molar-refractivity contribution in [3.63, 3.8) is 0 Å². The van der Waals surface area contributed by atoms with Crippen LogP contribution in [-0.4, -0.2) is 40.7 Å². The Bertz CT molecular complexity index is 419. The van der Waals surface area contributed by atoms with Gasteiger partial charge >= 0.3 is 0 Å². The van der Waals surface area contributed by atoms with Gasteiger partial charge in [0.15, 0.2) is 5.82 Å². The van der Waals surface area contributed by atoms with Gasteiger partial charge in [0, 0.05) is 12.0 Å². The maximum absolute atomic E-state index is 5.26. The molecule has 1 aromatic rings. The molecule has 2 aliphatic rings. The van der Waals surface area contributed by atoms with Crippen LogP contribution in [0.2, 0.25) is 0 Å². The highest BCUT2D eigenvalue weighted by molar-refractivity contribution is 4.91. The first-order valence-electron chi connectivity index (χ1n) is 7.99. The summed E-state index contributed by atoms with van der Waals surface area (Å²) >= 11 is 0. The molecule has 1 aliphatic heterocycles. The summed E-state index contributed by atoms with van der Waals surface area (Å²) in [7, 11) is 0. The van der Waals surface area contributed by atoms with E-state index in [-0.39, 0.29) is 0 Å². The van der Waals surface area contributed by atoms with Crippen LogP contribution in [-0.2, 0) is 6.54 Å². The van der Waals surface area contributed by atoms with Gasteiger partial charge in [-0.25, -0.2) is 0 Å². The molecule has 1 aromatic heterocycles. The second kappa shape index (κ2) is 6.22. The van der Waals surface area contributed by atoms with Crippen LogP contribution in [0.3, 0.4) is 0 Å². The first-order chi connectivity index (χ1) is 9.70. The van der Waals surface area contributed by atoms with Crippen molar-refractivity contribution < 1.29 is 4.52 Å². The topological polar surface area (TPSA) is 54.2 Å². The molecule has 0 unspecified atom stereocenters. The zero-order valence-electron chi connectivity index (χ0n) is 12.6. The minimum atomic E-state index is 0.315. The zero-order valence-corrected chi connectivity index (χ0v) is 12.6. The third-order valence-electron chi connectivity index (χ3n) is 4.32. The van der Waals surface area contributed by atoms with Gasteiger partial charge in [-0.3, -0.25) is 4.90 Å². The summed E-state index contributed by atoms with van der Waals surface area (Å²) in [5.74, 6) is 2.76. The molecule has 1 aliphatic carbocycles. The maximum Gasteiger partial charge on any atom is 0.229 e. The van der Waals surface area contributed by atoms with Crippen LogP contribution >= 0.6 is 0 Å². The van der Waals surface area contributed by atoms with Crippen molar-refractivity contribution >= 4 is 0 Å². The number of nitrogens with one attached hydrogen (secondary N) is 1. The van der Waals surface area contributed by atoms with E-state index in [0.29, 0.717) is 5.92 Å². The molecule has 1 saturated carbocycles. The molecular formula is C15H26N4O. The third kappa shape index (κ3) is 3.79. The largest absolute Gasteiger partial charge is 0.339 e. The average molecular weight is 278 g/mol. The summed E-state index contributed by atoms with van der Waals surface area (Å²) in [5.41, 5.74) is 0. The lowest BCUT2D eigenvalue weighted by Gasteiger charge is -2.31. The van der Waals surface area contributed by atoms with Crippen molar-refractivity contribution in [3.8, 4) is 0 Å². The Hall–Kier alpha value is -0.940. The highest BCUT2D eigenvalue weighted by Gasteiger charge is 2.24. The SMILES string of the molecule is CC(C)c1nc(CN2CCC(CNC3CC3)CC2)no1. The van der Waals surface area contributed by atoms with Crippen LogP contribution in [0.25, 0.3) is 0 Å². The first-order valence-corrected chi connectivity index (χ1v) is 7.99. The minimum Gasteiger partial charge on any atom is -0.339 e. The molecule has 0 bridgehead atoms. The minimum absolute atomic E-state index is 0.315. The Kier molecular flexibility index (Phi) is 4.36. The normalized spacial score (nSPS) is 21.8. The van der Waals surface area contributed by atoms with Crippen molar-refractivity contribution in [2.45, 2.75) is 58.0 Å². The fourth-order valence-corrected chi connectivity index (χ4v) is 2.74. The average Bonchev–Trinajstić information content (AvgIpc) is 3.15. The van der Waals surface area contributed by atoms with Crippen molar-refractivity contribution in [3.05, 3.63) is 11.7 Å². The van der Waals surface area contributed by atoms with E-state index in [2.05, 4.69) is 34.2 Å². The van der Waals surface area contributed by atoms with Crippen LogP contribution in [0.15, 0.2) is 4.52 Å². The number of piperidine rings is 1. The van der Waals surface area contributed by atoms with Crippen molar-refractivity contribution in [2.75, 3.05) is 19.6 Å². The van der Waals surface area contributed by atoms with E-state index in [1.54, 1.807) is 0 Å². The maximum atomic E-state index is 5.26. The summed E-state index contributed by atoms with van der Waals surface area (Å²) in [6.45, 7) is 8.51. The highest BCUT2D eigenvalue weighted by Crippen LogP contribution is 2.22. The van der Waals surface area contributed by atoms with Gasteiger partial charge in [-0.15, -0.1) is 0 Å². The second-order valence-electron chi connectivity index (χ2n) is 6.61. The lowest BCUT2D eigenvalue weighted by molar-refractivity contribution is 0.170. The van der Waals surface area contributed by atoms with E-state index in [0.717, 1.165) is 43.3 Å². The quantitative estimate of drug-likeness (QED) is 0.864. The second-order valence-corrected chi connectivity index (χ2v) is 6.61. The monoisotopic (exact) mass is 278 g/mol. The summed E-state index contributed by atoms with van der Waals surface area (Å²) < 4.78 is 5.26. The fourth-order valence-electron chi connectivity index (χ4n) is 2.74. The molecule has 0 aromatic carbocycles. The lowest BCUT2D eigenvalue weighted by Crippen LogP contribution is -2.37. The summed E-state index contributed by atoms with van der Waals surface area (Å²) in [4.78, 5) is 6.91. The lowest BCUT2D eigenvalue weighted by atomic mass is 9.97. The summed E-state index contributed by atoms with van der Waals surface area (Å²) in [6.07, 6.45) is 5.34. The van der Waals surface area contributed by atoms with E-state index in [1.807, 2.05) is 0 Å². The van der Waals surface area contributed by atoms with E-state index in [1.165, 1.54) is 32.2 Å². The number of likely N-dealkylation sites (tertiary alicyclic amines) is 1. The molecule has 2 heterocycles. The van der Waals surface area contributed by atoms with Crippen LogP contribution < -0.4 is 5.32 Å². The summed E-state index contributed by atoms with van der Waals surface area (Å²) in [5, 5.41) is 7.73. The van der Waals surface area contributed by atoms with Gasteiger partial charge in [0.1, 0.15) is 0 Å². The fraction of sp³-hybridized carbons (Fsp3) is 0.867. The van der Waals surface area contributed by atoms with Gasteiger partial charge in [0.2, 0.25) is 5.89 Å². The molecule has 112 valence electrons. The summed E-state index contributed by atoms with van der Waals surface area (Å²) in [6, 6.07) is 0.835. The molecule has 20 heavy (non-hydrogen) atoms. The van der Waals surface area contributed by atoms with E-state index >= 15 is 0 Å². The molecule has 0 amide bonds. The van der Waals surface area contributed by atoms with Crippen molar-refractivity contribution in [1.82, 2.24) is 20.4 Å². The van der Waals surface area contributed by atoms with Gasteiger partial charge in [-0.05, 0) is 51.2 Å². The van der Waals surface area contributed by atoms with E-state index < -0.39 is 0 Å². The van der Waals surface area contributed by atoms with Crippen LogP contribution in [0, 0.1) is 5.92 Å².